The molecule has 2 aliphatic rings. The van der Waals surface area contributed by atoms with Crippen molar-refractivity contribution < 1.29 is 19.1 Å². The maximum absolute atomic E-state index is 11.9. The standard InChI is InChI=1S/C13H14N2O4/c1-7-4-9(7)13(17)15-14-12(16)8-2-3-10-11(5-8)19-6-18-10/h2-3,5,7,9H,4,6H2,1H3,(H,14,16)(H,15,17)/t7-,9+/m1/s1. The number of hydrazine groups is 1. The van der Waals surface area contributed by atoms with Gasteiger partial charge >= 0.3 is 0 Å². The van der Waals surface area contributed by atoms with Crippen molar-refractivity contribution in [3.63, 3.8) is 0 Å². The molecule has 2 N–H and O–H groups in total. The quantitative estimate of drug-likeness (QED) is 0.774. The summed E-state index contributed by atoms with van der Waals surface area (Å²) in [5.41, 5.74) is 5.24. The second kappa shape index (κ2) is 4.46. The zero-order valence-corrected chi connectivity index (χ0v) is 10.4. The van der Waals surface area contributed by atoms with Gasteiger partial charge in [0.05, 0.1) is 0 Å². The first-order valence-electron chi connectivity index (χ1n) is 6.15. The summed E-state index contributed by atoms with van der Waals surface area (Å²) in [5, 5.41) is 0. The molecule has 6 nitrogen and oxygen atoms in total. The Morgan fingerprint density at radius 3 is 2.68 bits per heavy atom. The molecule has 3 rings (SSSR count). The lowest BCUT2D eigenvalue weighted by Crippen LogP contribution is -2.42. The van der Waals surface area contributed by atoms with Crippen molar-refractivity contribution >= 4 is 11.8 Å². The normalized spacial score (nSPS) is 22.8. The van der Waals surface area contributed by atoms with Gasteiger partial charge in [-0.3, -0.25) is 20.4 Å². The molecule has 1 aromatic rings. The molecule has 1 aliphatic carbocycles. The highest BCUT2D eigenvalue weighted by atomic mass is 16.7. The maximum atomic E-state index is 11.9. The number of hydrogen-bond acceptors (Lipinski definition) is 4. The van der Waals surface area contributed by atoms with Crippen LogP contribution in [0.25, 0.3) is 0 Å². The summed E-state index contributed by atoms with van der Waals surface area (Å²) in [6, 6.07) is 4.88. The number of carbonyl (C=O) groups excluding carboxylic acids is 2. The Morgan fingerprint density at radius 2 is 1.95 bits per heavy atom. The lowest BCUT2D eigenvalue weighted by molar-refractivity contribution is -0.123. The van der Waals surface area contributed by atoms with Crippen molar-refractivity contribution in [2.45, 2.75) is 13.3 Å². The Balaban J connectivity index is 1.59. The molecule has 0 spiro atoms. The van der Waals surface area contributed by atoms with Gasteiger partial charge in [0.1, 0.15) is 0 Å². The van der Waals surface area contributed by atoms with Gasteiger partial charge in [0, 0.05) is 11.5 Å². The number of fused-ring (bicyclic) bond motifs is 1. The number of nitrogens with one attached hydrogen (secondary N) is 2. The summed E-state index contributed by atoms with van der Waals surface area (Å²) < 4.78 is 10.3. The molecule has 2 amide bonds. The second-order valence-corrected chi connectivity index (χ2v) is 4.83. The van der Waals surface area contributed by atoms with Crippen LogP contribution < -0.4 is 20.3 Å². The number of benzene rings is 1. The van der Waals surface area contributed by atoms with Crippen LogP contribution in [0.3, 0.4) is 0 Å². The summed E-state index contributed by atoms with van der Waals surface area (Å²) in [6.45, 7) is 2.17. The van der Waals surface area contributed by atoms with E-state index in [4.69, 9.17) is 9.47 Å². The average molecular weight is 262 g/mol. The largest absolute Gasteiger partial charge is 0.454 e. The molecular weight excluding hydrogens is 248 g/mol. The van der Waals surface area contributed by atoms with Gasteiger partial charge in [-0.1, -0.05) is 6.92 Å². The first kappa shape index (κ1) is 11.8. The number of amides is 2. The van der Waals surface area contributed by atoms with Crippen molar-refractivity contribution in [1.82, 2.24) is 10.9 Å². The monoisotopic (exact) mass is 262 g/mol. The third-order valence-corrected chi connectivity index (χ3v) is 3.38. The second-order valence-electron chi connectivity index (χ2n) is 4.83. The third-order valence-electron chi connectivity index (χ3n) is 3.38. The van der Waals surface area contributed by atoms with Crippen LogP contribution in [0.5, 0.6) is 11.5 Å². The zero-order valence-electron chi connectivity index (χ0n) is 10.4. The van der Waals surface area contributed by atoms with E-state index in [0.29, 0.717) is 23.0 Å². The first-order chi connectivity index (χ1) is 9.15. The van der Waals surface area contributed by atoms with E-state index in [9.17, 15) is 9.59 Å². The Hall–Kier alpha value is -2.24. The average Bonchev–Trinajstić information content (AvgIpc) is 2.97. The van der Waals surface area contributed by atoms with E-state index in [1.165, 1.54) is 0 Å². The fourth-order valence-corrected chi connectivity index (χ4v) is 2.01. The van der Waals surface area contributed by atoms with Crippen LogP contribution in [-0.4, -0.2) is 18.6 Å². The van der Waals surface area contributed by atoms with Crippen LogP contribution in [0.2, 0.25) is 0 Å². The molecule has 0 radical (unpaired) electrons. The van der Waals surface area contributed by atoms with E-state index < -0.39 is 0 Å². The van der Waals surface area contributed by atoms with E-state index in [0.717, 1.165) is 6.42 Å². The molecule has 100 valence electrons. The lowest BCUT2D eigenvalue weighted by Gasteiger charge is -2.07. The summed E-state index contributed by atoms with van der Waals surface area (Å²) in [5.74, 6) is 1.07. The lowest BCUT2D eigenvalue weighted by atomic mass is 10.2. The van der Waals surface area contributed by atoms with Gasteiger partial charge in [-0.2, -0.15) is 0 Å². The first-order valence-corrected chi connectivity index (χ1v) is 6.15. The number of rotatable bonds is 2. The minimum Gasteiger partial charge on any atom is -0.454 e. The van der Waals surface area contributed by atoms with Gasteiger partial charge in [-0.05, 0) is 30.5 Å². The molecule has 0 bridgehead atoms. The number of ether oxygens (including phenoxy) is 2. The molecule has 1 aliphatic heterocycles. The van der Waals surface area contributed by atoms with E-state index in [2.05, 4.69) is 10.9 Å². The minimum absolute atomic E-state index is 0.0250. The van der Waals surface area contributed by atoms with Gasteiger partial charge in [-0.25, -0.2) is 0 Å². The highest BCUT2D eigenvalue weighted by Crippen LogP contribution is 2.37. The Kier molecular flexibility index (Phi) is 2.77. The van der Waals surface area contributed by atoms with Gasteiger partial charge in [0.25, 0.3) is 5.91 Å². The van der Waals surface area contributed by atoms with E-state index >= 15 is 0 Å². The Bertz CT molecular complexity index is 543. The van der Waals surface area contributed by atoms with Crippen molar-refractivity contribution in [3.05, 3.63) is 23.8 Å². The molecule has 1 aromatic carbocycles. The SMILES string of the molecule is C[C@@H]1C[C@@H]1C(=O)NNC(=O)c1ccc2c(c1)OCO2. The van der Waals surface area contributed by atoms with Crippen molar-refractivity contribution in [2.75, 3.05) is 6.79 Å². The molecule has 2 atom stereocenters. The van der Waals surface area contributed by atoms with Crippen LogP contribution >= 0.6 is 0 Å². The number of hydrogen-bond donors (Lipinski definition) is 2. The third kappa shape index (κ3) is 2.33. The summed E-state index contributed by atoms with van der Waals surface area (Å²) in [7, 11) is 0. The fourth-order valence-electron chi connectivity index (χ4n) is 2.01. The molecule has 6 heteroatoms. The van der Waals surface area contributed by atoms with Crippen LogP contribution in [0, 0.1) is 11.8 Å². The molecule has 19 heavy (non-hydrogen) atoms. The maximum Gasteiger partial charge on any atom is 0.269 e. The highest BCUT2D eigenvalue weighted by Gasteiger charge is 2.39. The van der Waals surface area contributed by atoms with Crippen molar-refractivity contribution in [2.24, 2.45) is 11.8 Å². The summed E-state index contributed by atoms with van der Waals surface area (Å²) in [6.07, 6.45) is 0.881. The molecule has 0 aromatic heterocycles. The fraction of sp³-hybridized carbons (Fsp3) is 0.385. The predicted molar refractivity (Wildman–Crippen MR) is 65.4 cm³/mol. The topological polar surface area (TPSA) is 76.7 Å². The smallest absolute Gasteiger partial charge is 0.269 e. The zero-order chi connectivity index (χ0) is 13.4. The summed E-state index contributed by atoms with van der Waals surface area (Å²) >= 11 is 0. The van der Waals surface area contributed by atoms with Crippen LogP contribution in [-0.2, 0) is 4.79 Å². The van der Waals surface area contributed by atoms with Crippen LogP contribution in [0.15, 0.2) is 18.2 Å². The van der Waals surface area contributed by atoms with Gasteiger partial charge in [0.15, 0.2) is 11.5 Å². The Morgan fingerprint density at radius 1 is 1.21 bits per heavy atom. The van der Waals surface area contributed by atoms with Gasteiger partial charge in [0.2, 0.25) is 12.7 Å². The van der Waals surface area contributed by atoms with E-state index in [-0.39, 0.29) is 24.5 Å². The predicted octanol–water partition coefficient (Wildman–Crippen LogP) is 0.832. The van der Waals surface area contributed by atoms with Gasteiger partial charge < -0.3 is 9.47 Å². The van der Waals surface area contributed by atoms with Crippen LogP contribution in [0.1, 0.15) is 23.7 Å². The number of carbonyl (C=O) groups is 2. The minimum atomic E-state index is -0.375. The molecule has 1 heterocycles. The highest BCUT2D eigenvalue weighted by molar-refractivity contribution is 5.96. The van der Waals surface area contributed by atoms with Gasteiger partial charge in [-0.15, -0.1) is 0 Å². The molecule has 0 unspecified atom stereocenters. The van der Waals surface area contributed by atoms with Crippen molar-refractivity contribution in [1.29, 1.82) is 0 Å². The molecular formula is C13H14N2O4. The molecule has 0 saturated heterocycles. The van der Waals surface area contributed by atoms with Crippen molar-refractivity contribution in [3.8, 4) is 11.5 Å². The van der Waals surface area contributed by atoms with E-state index in [1.54, 1.807) is 18.2 Å². The Labute approximate surface area is 110 Å². The van der Waals surface area contributed by atoms with Crippen LogP contribution in [0.4, 0.5) is 0 Å². The summed E-state index contributed by atoms with van der Waals surface area (Å²) in [4.78, 5) is 23.4. The molecule has 1 saturated carbocycles. The van der Waals surface area contributed by atoms with E-state index in [1.807, 2.05) is 6.92 Å². The molecule has 1 fully saturated rings.